The molecule has 9 heavy (non-hydrogen) atoms. The van der Waals surface area contributed by atoms with Gasteiger partial charge in [-0.15, -0.1) is 9.05 Å². The summed E-state index contributed by atoms with van der Waals surface area (Å²) in [6.07, 6.45) is 0. The van der Waals surface area contributed by atoms with Crippen LogP contribution in [0.1, 0.15) is 6.92 Å². The van der Waals surface area contributed by atoms with Gasteiger partial charge in [0, 0.05) is 11.2 Å². The average Bonchev–Trinajstić information content (AvgIpc) is 1.88. The highest BCUT2D eigenvalue weighted by Crippen LogP contribution is 2.18. The molecule has 0 bridgehead atoms. The van der Waals surface area contributed by atoms with E-state index in [1.807, 2.05) is 0 Å². The van der Waals surface area contributed by atoms with Crippen LogP contribution in [0.4, 0.5) is 0 Å². The highest BCUT2D eigenvalue weighted by Gasteiger charge is 2.10. The van der Waals surface area contributed by atoms with E-state index in [0.717, 1.165) is 0 Å². The lowest BCUT2D eigenvalue weighted by Gasteiger charge is -1.66. The van der Waals surface area contributed by atoms with E-state index >= 15 is 0 Å². The zero-order valence-corrected chi connectivity index (χ0v) is 6.72. The Bertz CT molecular complexity index is 59.6. The van der Waals surface area contributed by atoms with E-state index in [0.29, 0.717) is 0 Å². The molecule has 1 N–H and O–H groups in total. The molecular weight excluding hydrogens is 143 g/mol. The molecule has 0 radical (unpaired) electrons. The normalized spacial score (nSPS) is 7.56. The van der Waals surface area contributed by atoms with Gasteiger partial charge in [-0.2, -0.15) is 0 Å². The molecule has 0 aliphatic carbocycles. The lowest BCUT2D eigenvalue weighted by Crippen LogP contribution is -1.66. The third kappa shape index (κ3) is 18.0. The summed E-state index contributed by atoms with van der Waals surface area (Å²) in [7, 11) is 0.817. The molecule has 0 heterocycles. The van der Waals surface area contributed by atoms with Crippen LogP contribution in [-0.4, -0.2) is 25.9 Å². The molecule has 0 unspecified atom stereocenters. The monoisotopic (exact) mass is 155 g/mol. The number of aliphatic hydroxyl groups excluding tert-OH is 1. The molecule has 0 aromatic rings. The molecule has 0 saturated heterocycles. The first-order chi connectivity index (χ1) is 4.22. The number of rotatable bonds is 2. The molecule has 0 aromatic carbocycles. The van der Waals surface area contributed by atoms with Gasteiger partial charge >= 0.3 is 8.25 Å². The SMILES string of the molecule is CCO.CO[P+](=O)OC. The van der Waals surface area contributed by atoms with Crippen LogP contribution in [0.3, 0.4) is 0 Å². The molecule has 0 aliphatic rings. The van der Waals surface area contributed by atoms with Crippen LogP contribution in [0.25, 0.3) is 0 Å². The maximum atomic E-state index is 9.88. The summed E-state index contributed by atoms with van der Waals surface area (Å²) in [6, 6.07) is 0. The fraction of sp³-hybridized carbons (Fsp3) is 1.00. The first kappa shape index (κ1) is 11.7. The van der Waals surface area contributed by atoms with Gasteiger partial charge in [-0.05, 0) is 6.92 Å². The highest BCUT2D eigenvalue weighted by atomic mass is 31.1. The van der Waals surface area contributed by atoms with Crippen molar-refractivity contribution in [3.05, 3.63) is 0 Å². The number of hydrogen-bond acceptors (Lipinski definition) is 4. The van der Waals surface area contributed by atoms with E-state index in [9.17, 15) is 4.57 Å². The van der Waals surface area contributed by atoms with Gasteiger partial charge in [0.25, 0.3) is 0 Å². The Morgan fingerprint density at radius 2 is 1.67 bits per heavy atom. The number of hydrogen-bond donors (Lipinski definition) is 1. The second kappa shape index (κ2) is 10.9. The fourth-order valence-corrected chi connectivity index (χ4v) is 0.224. The minimum atomic E-state index is -1.83. The van der Waals surface area contributed by atoms with Gasteiger partial charge in [0.05, 0.1) is 14.2 Å². The van der Waals surface area contributed by atoms with Crippen molar-refractivity contribution in [2.45, 2.75) is 6.92 Å². The molecule has 5 heteroatoms. The Labute approximate surface area is 55.7 Å². The van der Waals surface area contributed by atoms with E-state index in [1.54, 1.807) is 6.92 Å². The molecule has 0 atom stereocenters. The minimum absolute atomic E-state index is 0.250. The predicted molar refractivity (Wildman–Crippen MR) is 34.4 cm³/mol. The highest BCUT2D eigenvalue weighted by molar-refractivity contribution is 7.33. The first-order valence-corrected chi connectivity index (χ1v) is 3.48. The minimum Gasteiger partial charge on any atom is -0.397 e. The van der Waals surface area contributed by atoms with Crippen molar-refractivity contribution in [2.24, 2.45) is 0 Å². The Hall–Kier alpha value is -0.0200. The quantitative estimate of drug-likeness (QED) is 0.603. The molecule has 0 rings (SSSR count). The van der Waals surface area contributed by atoms with Crippen molar-refractivity contribution in [2.75, 3.05) is 20.8 Å². The summed E-state index contributed by atoms with van der Waals surface area (Å²) in [5, 5.41) is 7.57. The fourth-order valence-electron chi connectivity index (χ4n) is 0.0745. The molecule has 0 amide bonds. The standard InChI is InChI=1S/C2H6O3P.C2H6O/c1-4-6(3)5-2;1-2-3/h1-2H3;3H,2H2,1H3/q+1;. The van der Waals surface area contributed by atoms with Gasteiger partial charge in [-0.25, -0.2) is 0 Å². The molecule has 0 spiro atoms. The van der Waals surface area contributed by atoms with E-state index in [2.05, 4.69) is 9.05 Å². The van der Waals surface area contributed by atoms with Crippen LogP contribution in [0.2, 0.25) is 0 Å². The average molecular weight is 155 g/mol. The molecule has 0 saturated carbocycles. The Morgan fingerprint density at radius 1 is 1.44 bits per heavy atom. The molecule has 0 fully saturated rings. The van der Waals surface area contributed by atoms with E-state index in [4.69, 9.17) is 5.11 Å². The van der Waals surface area contributed by atoms with Crippen molar-refractivity contribution in [1.82, 2.24) is 0 Å². The summed E-state index contributed by atoms with van der Waals surface area (Å²) < 4.78 is 18.3. The maximum absolute atomic E-state index is 9.88. The van der Waals surface area contributed by atoms with Gasteiger partial charge in [0.2, 0.25) is 0 Å². The summed E-state index contributed by atoms with van der Waals surface area (Å²) in [5.74, 6) is 0. The Balaban J connectivity index is 0. The first-order valence-electron chi connectivity index (χ1n) is 2.39. The van der Waals surface area contributed by atoms with Crippen molar-refractivity contribution < 1.29 is 18.7 Å². The smallest absolute Gasteiger partial charge is 0.397 e. The zero-order chi connectivity index (χ0) is 7.70. The summed E-state index contributed by atoms with van der Waals surface area (Å²) in [4.78, 5) is 0. The lowest BCUT2D eigenvalue weighted by atomic mass is 10.9. The summed E-state index contributed by atoms with van der Waals surface area (Å²) in [5.41, 5.74) is 0. The topological polar surface area (TPSA) is 55.8 Å². The van der Waals surface area contributed by atoms with Crippen LogP contribution in [0.15, 0.2) is 0 Å². The van der Waals surface area contributed by atoms with E-state index in [-0.39, 0.29) is 6.61 Å². The van der Waals surface area contributed by atoms with Crippen LogP contribution < -0.4 is 0 Å². The Morgan fingerprint density at radius 3 is 1.67 bits per heavy atom. The lowest BCUT2D eigenvalue weighted by molar-refractivity contribution is 0.302. The van der Waals surface area contributed by atoms with Crippen molar-refractivity contribution in [3.8, 4) is 0 Å². The second-order valence-corrected chi connectivity index (χ2v) is 2.08. The molecule has 0 aliphatic heterocycles. The van der Waals surface area contributed by atoms with Gasteiger partial charge in [0.15, 0.2) is 0 Å². The summed E-state index contributed by atoms with van der Waals surface area (Å²) in [6.45, 7) is 1.93. The number of aliphatic hydroxyl groups is 1. The van der Waals surface area contributed by atoms with Crippen LogP contribution >= 0.6 is 8.25 Å². The largest absolute Gasteiger partial charge is 0.696 e. The molecular formula is C4H12O4P+. The predicted octanol–water partition coefficient (Wildman–Crippen LogP) is 0.935. The molecule has 56 valence electrons. The Kier molecular flexibility index (Phi) is 14.2. The molecule has 0 aromatic heterocycles. The van der Waals surface area contributed by atoms with E-state index < -0.39 is 8.25 Å². The van der Waals surface area contributed by atoms with Crippen molar-refractivity contribution >= 4 is 8.25 Å². The van der Waals surface area contributed by atoms with Gasteiger partial charge in [-0.1, -0.05) is 0 Å². The van der Waals surface area contributed by atoms with Gasteiger partial charge in [-0.3, -0.25) is 0 Å². The maximum Gasteiger partial charge on any atom is 0.696 e. The third-order valence-corrected chi connectivity index (χ3v) is 0.894. The van der Waals surface area contributed by atoms with Crippen LogP contribution in [0, 0.1) is 0 Å². The van der Waals surface area contributed by atoms with Crippen molar-refractivity contribution in [1.29, 1.82) is 0 Å². The molecule has 4 nitrogen and oxygen atoms in total. The zero-order valence-electron chi connectivity index (χ0n) is 5.83. The van der Waals surface area contributed by atoms with Gasteiger partial charge in [0.1, 0.15) is 0 Å². The van der Waals surface area contributed by atoms with Crippen LogP contribution in [0.5, 0.6) is 0 Å². The third-order valence-electron chi connectivity index (χ3n) is 0.298. The summed E-state index contributed by atoms with van der Waals surface area (Å²) >= 11 is 0. The van der Waals surface area contributed by atoms with Crippen molar-refractivity contribution in [3.63, 3.8) is 0 Å². The van der Waals surface area contributed by atoms with E-state index in [1.165, 1.54) is 14.2 Å². The second-order valence-electron chi connectivity index (χ2n) is 0.905. The van der Waals surface area contributed by atoms with Gasteiger partial charge < -0.3 is 5.11 Å². The van der Waals surface area contributed by atoms with Crippen LogP contribution in [-0.2, 0) is 13.6 Å².